The van der Waals surface area contributed by atoms with Crippen molar-refractivity contribution < 1.29 is 28.9 Å². The molecule has 1 aliphatic rings. The van der Waals surface area contributed by atoms with E-state index in [0.717, 1.165) is 5.56 Å². The van der Waals surface area contributed by atoms with Gasteiger partial charge in [0.1, 0.15) is 17.6 Å². The number of nitrogens with zero attached hydrogens (tertiary/aromatic N) is 2. The van der Waals surface area contributed by atoms with Crippen LogP contribution in [0.5, 0.6) is 17.2 Å². The average Bonchev–Trinajstić information content (AvgIpc) is 3.65. The summed E-state index contributed by atoms with van der Waals surface area (Å²) in [4.78, 5) is 36.9. The number of carbonyl (C=O) groups is 2. The van der Waals surface area contributed by atoms with Crippen molar-refractivity contribution in [2.45, 2.75) is 39.2 Å². The van der Waals surface area contributed by atoms with Gasteiger partial charge in [-0.05, 0) is 42.0 Å². The number of aliphatic hydroxyl groups excluding tert-OH is 1. The van der Waals surface area contributed by atoms with E-state index in [1.54, 1.807) is 24.3 Å². The Bertz CT molecular complexity index is 1590. The Kier molecular flexibility index (Phi) is 7.05. The van der Waals surface area contributed by atoms with Gasteiger partial charge in [-0.1, -0.05) is 26.8 Å². The number of thiophene rings is 1. The number of imidazole rings is 1. The Hall–Kier alpha value is -4.31. The summed E-state index contributed by atoms with van der Waals surface area (Å²) in [5, 5.41) is 13.5. The van der Waals surface area contributed by atoms with Crippen molar-refractivity contribution in [3.05, 3.63) is 69.4 Å². The smallest absolute Gasteiger partial charge is 0.302 e. The highest BCUT2D eigenvalue weighted by molar-refractivity contribution is 7.10. The van der Waals surface area contributed by atoms with Gasteiger partial charge in [-0.2, -0.15) is 0 Å². The number of aromatic nitrogens is 2. The molecule has 208 valence electrons. The monoisotopic (exact) mass is 561 g/mol. The fourth-order valence-electron chi connectivity index (χ4n) is 4.90. The lowest BCUT2D eigenvalue weighted by Crippen LogP contribution is -2.30. The number of hydrogen-bond donors (Lipinski definition) is 2. The van der Waals surface area contributed by atoms with Gasteiger partial charge in [-0.3, -0.25) is 14.5 Å². The highest BCUT2D eigenvalue weighted by Gasteiger charge is 2.48. The lowest BCUT2D eigenvalue weighted by molar-refractivity contribution is -0.132. The second-order valence-electron chi connectivity index (χ2n) is 10.4. The van der Waals surface area contributed by atoms with Gasteiger partial charge in [0.25, 0.3) is 5.78 Å². The van der Waals surface area contributed by atoms with E-state index in [1.165, 1.54) is 30.5 Å². The third-order valence-corrected chi connectivity index (χ3v) is 7.75. The zero-order valence-corrected chi connectivity index (χ0v) is 24.0. The number of anilines is 1. The fraction of sp³-hybridized carbons (Fsp3) is 0.300. The molecule has 5 rings (SSSR count). The highest BCUT2D eigenvalue weighted by Crippen LogP contribution is 2.44. The molecule has 10 heteroatoms. The Labute approximate surface area is 236 Å². The van der Waals surface area contributed by atoms with Crippen LogP contribution in [-0.4, -0.2) is 47.6 Å². The Morgan fingerprint density at radius 2 is 1.80 bits per heavy atom. The number of Topliss-reactive ketones (excluding diaryl/α,β-unsaturated/α-hetero) is 1. The quantitative estimate of drug-likeness (QED) is 0.162. The zero-order valence-electron chi connectivity index (χ0n) is 23.2. The largest absolute Gasteiger partial charge is 0.507 e. The zero-order chi connectivity index (χ0) is 28.8. The molecule has 0 bridgehead atoms. The summed E-state index contributed by atoms with van der Waals surface area (Å²) < 4.78 is 16.6. The number of carbonyl (C=O) groups excluding carboxylic acids is 2. The molecule has 1 saturated heterocycles. The number of ketones is 1. The fourth-order valence-corrected chi connectivity index (χ4v) is 5.73. The van der Waals surface area contributed by atoms with Crippen molar-refractivity contribution in [2.24, 2.45) is 0 Å². The molecule has 0 radical (unpaired) electrons. The molecule has 9 nitrogen and oxygen atoms in total. The molecule has 2 aromatic heterocycles. The molecule has 2 N–H and O–H groups in total. The number of ether oxygens (including phenoxy) is 3. The van der Waals surface area contributed by atoms with E-state index in [4.69, 9.17) is 14.2 Å². The maximum absolute atomic E-state index is 13.6. The van der Waals surface area contributed by atoms with Gasteiger partial charge >= 0.3 is 5.91 Å². The molecule has 1 fully saturated rings. The Balaban J connectivity index is 1.68. The molecule has 40 heavy (non-hydrogen) atoms. The SMILES string of the molecule is CCOc1ccc(/C(O)=C2\C(=O)C(=O)N(c3nc4cc(OC)c(OC)cc4[nH]3)C2c2cccs2)cc1C(C)(C)C. The minimum Gasteiger partial charge on any atom is -0.507 e. The number of amides is 1. The molecule has 2 aromatic carbocycles. The molecule has 1 atom stereocenters. The van der Waals surface area contributed by atoms with Crippen LogP contribution in [0.2, 0.25) is 0 Å². The maximum Gasteiger partial charge on any atom is 0.302 e. The van der Waals surface area contributed by atoms with E-state index < -0.39 is 17.7 Å². The number of H-pyrrole nitrogens is 1. The normalized spacial score (nSPS) is 17.1. The molecule has 0 spiro atoms. The standard InChI is InChI=1S/C30H31N3O6S/c1-7-39-20-11-10-16(13-17(20)30(2,3)4)26(34)24-25(23-9-8-12-40-23)33(28(36)27(24)35)29-31-18-14-21(37-5)22(38-6)15-19(18)32-29/h8-15,25,34H,7H2,1-6H3,(H,31,32)/b26-24+. The summed E-state index contributed by atoms with van der Waals surface area (Å²) in [7, 11) is 3.06. The second-order valence-corrected chi connectivity index (χ2v) is 11.3. The van der Waals surface area contributed by atoms with Crippen LogP contribution in [0.4, 0.5) is 5.95 Å². The van der Waals surface area contributed by atoms with Crippen LogP contribution in [0.25, 0.3) is 16.8 Å². The summed E-state index contributed by atoms with van der Waals surface area (Å²) in [6, 6.07) is 11.5. The van der Waals surface area contributed by atoms with Crippen molar-refractivity contribution in [3.63, 3.8) is 0 Å². The van der Waals surface area contributed by atoms with Crippen LogP contribution in [0, 0.1) is 0 Å². The molecule has 0 saturated carbocycles. The van der Waals surface area contributed by atoms with Crippen LogP contribution >= 0.6 is 11.3 Å². The Morgan fingerprint density at radius 1 is 1.07 bits per heavy atom. The van der Waals surface area contributed by atoms with Gasteiger partial charge in [0.05, 0.1) is 37.4 Å². The van der Waals surface area contributed by atoms with Crippen LogP contribution in [0.1, 0.15) is 49.7 Å². The van der Waals surface area contributed by atoms with E-state index in [-0.39, 0.29) is 22.7 Å². The topological polar surface area (TPSA) is 114 Å². The summed E-state index contributed by atoms with van der Waals surface area (Å²) in [5.41, 5.74) is 2.12. The average molecular weight is 562 g/mol. The number of aromatic amines is 1. The molecule has 1 amide bonds. The molecule has 4 aromatic rings. The molecule has 3 heterocycles. The highest BCUT2D eigenvalue weighted by atomic mass is 32.1. The number of rotatable bonds is 7. The van der Waals surface area contributed by atoms with E-state index >= 15 is 0 Å². The first-order valence-corrected chi connectivity index (χ1v) is 13.7. The van der Waals surface area contributed by atoms with Crippen molar-refractivity contribution >= 4 is 45.8 Å². The minimum absolute atomic E-state index is 0.00733. The van der Waals surface area contributed by atoms with Gasteiger partial charge in [-0.15, -0.1) is 11.3 Å². The lowest BCUT2D eigenvalue weighted by atomic mass is 9.84. The molecular weight excluding hydrogens is 530 g/mol. The van der Waals surface area contributed by atoms with Gasteiger partial charge in [0, 0.05) is 28.1 Å². The van der Waals surface area contributed by atoms with E-state index in [0.29, 0.717) is 45.3 Å². The predicted molar refractivity (Wildman–Crippen MR) is 155 cm³/mol. The first-order valence-electron chi connectivity index (χ1n) is 12.8. The summed E-state index contributed by atoms with van der Waals surface area (Å²) >= 11 is 1.38. The lowest BCUT2D eigenvalue weighted by Gasteiger charge is -2.24. The van der Waals surface area contributed by atoms with Crippen molar-refractivity contribution in [3.8, 4) is 17.2 Å². The number of fused-ring (bicyclic) bond motifs is 1. The predicted octanol–water partition coefficient (Wildman–Crippen LogP) is 5.96. The van der Waals surface area contributed by atoms with Crippen LogP contribution in [0.15, 0.2) is 53.4 Å². The summed E-state index contributed by atoms with van der Waals surface area (Å²) in [6.07, 6.45) is 0. The molecule has 1 aliphatic heterocycles. The summed E-state index contributed by atoms with van der Waals surface area (Å²) in [5.74, 6) is 0.00835. The van der Waals surface area contributed by atoms with Crippen LogP contribution in [-0.2, 0) is 15.0 Å². The number of benzene rings is 2. The number of nitrogens with one attached hydrogen (secondary N) is 1. The van der Waals surface area contributed by atoms with Crippen molar-refractivity contribution in [2.75, 3.05) is 25.7 Å². The Morgan fingerprint density at radius 3 is 2.42 bits per heavy atom. The maximum atomic E-state index is 13.6. The first kappa shape index (κ1) is 27.3. The van der Waals surface area contributed by atoms with Crippen LogP contribution in [0.3, 0.4) is 0 Å². The molecular formula is C30H31N3O6S. The van der Waals surface area contributed by atoms with Gasteiger partial charge in [0.15, 0.2) is 11.5 Å². The van der Waals surface area contributed by atoms with E-state index in [9.17, 15) is 14.7 Å². The third-order valence-electron chi connectivity index (χ3n) is 6.82. The second kappa shape index (κ2) is 10.3. The van der Waals surface area contributed by atoms with Crippen molar-refractivity contribution in [1.29, 1.82) is 0 Å². The number of methoxy groups -OCH3 is 2. The number of hydrogen-bond acceptors (Lipinski definition) is 8. The number of aliphatic hydroxyl groups is 1. The van der Waals surface area contributed by atoms with E-state index in [2.05, 4.69) is 9.97 Å². The van der Waals surface area contributed by atoms with E-state index in [1.807, 2.05) is 51.3 Å². The molecule has 0 aliphatic carbocycles. The third kappa shape index (κ3) is 4.58. The van der Waals surface area contributed by atoms with Crippen molar-refractivity contribution in [1.82, 2.24) is 9.97 Å². The van der Waals surface area contributed by atoms with Gasteiger partial charge < -0.3 is 24.3 Å². The van der Waals surface area contributed by atoms with Gasteiger partial charge in [-0.25, -0.2) is 4.98 Å². The summed E-state index contributed by atoms with van der Waals surface area (Å²) in [6.45, 7) is 8.54. The van der Waals surface area contributed by atoms with Gasteiger partial charge in [0.2, 0.25) is 5.95 Å². The molecule has 1 unspecified atom stereocenters. The van der Waals surface area contributed by atoms with Crippen LogP contribution < -0.4 is 19.1 Å². The first-order chi connectivity index (χ1) is 19.1. The minimum atomic E-state index is -0.881.